The van der Waals surface area contributed by atoms with E-state index in [1.54, 1.807) is 13.8 Å². The summed E-state index contributed by atoms with van der Waals surface area (Å²) in [6.07, 6.45) is 13.8. The Morgan fingerprint density at radius 1 is 0.519 bits per heavy atom. The Hall–Kier alpha value is -1.32. The molecule has 0 heterocycles. The van der Waals surface area contributed by atoms with Gasteiger partial charge in [-0.1, -0.05) is 71.6 Å². The third-order valence-electron chi connectivity index (χ3n) is 4.72. The zero-order valence-electron chi connectivity index (χ0n) is 18.2. The van der Waals surface area contributed by atoms with Crippen LogP contribution in [0.4, 0.5) is 0 Å². The molecule has 0 aliphatic rings. The van der Waals surface area contributed by atoms with E-state index in [1.165, 1.54) is 38.5 Å². The van der Waals surface area contributed by atoms with Crippen molar-refractivity contribution in [2.75, 3.05) is 13.2 Å². The molecule has 0 spiro atoms. The predicted molar refractivity (Wildman–Crippen MR) is 112 cm³/mol. The summed E-state index contributed by atoms with van der Waals surface area (Å²) in [6.45, 7) is 8.59. The molecule has 0 aromatic carbocycles. The fraction of sp³-hybridized carbons (Fsp3) is 0.826. The molecular weight excluding hydrogens is 340 g/mol. The van der Waals surface area contributed by atoms with Crippen LogP contribution < -0.4 is 0 Å². The Morgan fingerprint density at radius 2 is 0.852 bits per heavy atom. The Labute approximate surface area is 167 Å². The molecule has 27 heavy (non-hydrogen) atoms. The van der Waals surface area contributed by atoms with E-state index in [0.717, 1.165) is 32.1 Å². The summed E-state index contributed by atoms with van der Waals surface area (Å²) in [4.78, 5) is 24.9. The average molecular weight is 383 g/mol. The quantitative estimate of drug-likeness (QED) is 0.163. The second-order valence-corrected chi connectivity index (χ2v) is 7.08. The van der Waals surface area contributed by atoms with Crippen LogP contribution in [0.5, 0.6) is 0 Å². The molecule has 0 atom stereocenters. The minimum absolute atomic E-state index is 0.323. The van der Waals surface area contributed by atoms with E-state index in [4.69, 9.17) is 9.47 Å². The smallest absolute Gasteiger partial charge is 0.334 e. The van der Waals surface area contributed by atoms with Gasteiger partial charge in [-0.2, -0.15) is 0 Å². The zero-order chi connectivity index (χ0) is 20.3. The Kier molecular flexibility index (Phi) is 17.2. The van der Waals surface area contributed by atoms with Crippen molar-refractivity contribution >= 4 is 11.9 Å². The summed E-state index contributed by atoms with van der Waals surface area (Å²) in [7, 11) is 0. The summed E-state index contributed by atoms with van der Waals surface area (Å²) >= 11 is 0. The van der Waals surface area contributed by atoms with E-state index >= 15 is 0 Å². The van der Waals surface area contributed by atoms with Crippen LogP contribution in [0.1, 0.15) is 111 Å². The third-order valence-corrected chi connectivity index (χ3v) is 4.72. The van der Waals surface area contributed by atoms with Crippen LogP contribution in [-0.4, -0.2) is 25.2 Å². The van der Waals surface area contributed by atoms with E-state index in [2.05, 4.69) is 13.8 Å². The van der Waals surface area contributed by atoms with E-state index in [1.807, 2.05) is 0 Å². The molecule has 0 aromatic rings. The molecule has 0 radical (unpaired) electrons. The monoisotopic (exact) mass is 382 g/mol. The van der Waals surface area contributed by atoms with Crippen LogP contribution in [0.2, 0.25) is 0 Å². The molecule has 158 valence electrons. The van der Waals surface area contributed by atoms with Crippen LogP contribution in [0.25, 0.3) is 0 Å². The first-order chi connectivity index (χ1) is 13.1. The van der Waals surface area contributed by atoms with Gasteiger partial charge in [0.15, 0.2) is 0 Å². The number of unbranched alkanes of at least 4 members (excludes halogenated alkanes) is 9. The van der Waals surface area contributed by atoms with Gasteiger partial charge in [0, 0.05) is 11.1 Å². The largest absolute Gasteiger partial charge is 0.463 e. The van der Waals surface area contributed by atoms with Gasteiger partial charge in [-0.05, 0) is 39.5 Å². The van der Waals surface area contributed by atoms with Gasteiger partial charge in [-0.25, -0.2) is 9.59 Å². The number of carbonyl (C=O) groups is 2. The van der Waals surface area contributed by atoms with Crippen LogP contribution in [0, 0.1) is 0 Å². The predicted octanol–water partition coefficient (Wildman–Crippen LogP) is 6.52. The lowest BCUT2D eigenvalue weighted by Gasteiger charge is -2.14. The second kappa shape index (κ2) is 18.1. The van der Waals surface area contributed by atoms with Crippen molar-refractivity contribution in [3.8, 4) is 0 Å². The molecule has 0 aromatic heterocycles. The van der Waals surface area contributed by atoms with E-state index in [0.29, 0.717) is 37.2 Å². The first-order valence-corrected chi connectivity index (χ1v) is 11.2. The van der Waals surface area contributed by atoms with Crippen LogP contribution in [-0.2, 0) is 19.1 Å². The Bertz CT molecular complexity index is 426. The highest BCUT2D eigenvalue weighted by atomic mass is 16.5. The lowest BCUT2D eigenvalue weighted by Crippen LogP contribution is -2.17. The topological polar surface area (TPSA) is 52.6 Å². The molecule has 4 heteroatoms. The first-order valence-electron chi connectivity index (χ1n) is 11.2. The van der Waals surface area contributed by atoms with Gasteiger partial charge in [0.2, 0.25) is 0 Å². The molecule has 0 saturated carbocycles. The average Bonchev–Trinajstić information content (AvgIpc) is 2.65. The summed E-state index contributed by atoms with van der Waals surface area (Å²) in [5.41, 5.74) is 1.07. The number of carbonyl (C=O) groups excluding carboxylic acids is 2. The molecule has 0 rings (SSSR count). The molecule has 0 N–H and O–H groups in total. The van der Waals surface area contributed by atoms with Crippen molar-refractivity contribution in [2.24, 2.45) is 0 Å². The number of hydrogen-bond acceptors (Lipinski definition) is 4. The number of ether oxygens (including phenoxy) is 2. The third kappa shape index (κ3) is 12.6. The fourth-order valence-corrected chi connectivity index (χ4v) is 3.18. The maximum Gasteiger partial charge on any atom is 0.334 e. The highest BCUT2D eigenvalue weighted by Crippen LogP contribution is 2.22. The van der Waals surface area contributed by atoms with E-state index < -0.39 is 0 Å². The van der Waals surface area contributed by atoms with Crippen molar-refractivity contribution < 1.29 is 19.1 Å². The van der Waals surface area contributed by atoms with Gasteiger partial charge < -0.3 is 9.47 Å². The normalized spacial score (nSPS) is 11.9. The summed E-state index contributed by atoms with van der Waals surface area (Å²) in [6, 6.07) is 0. The van der Waals surface area contributed by atoms with Crippen LogP contribution in [0.3, 0.4) is 0 Å². The van der Waals surface area contributed by atoms with Gasteiger partial charge in [0.05, 0.1) is 13.2 Å². The van der Waals surface area contributed by atoms with Crippen molar-refractivity contribution in [2.45, 2.75) is 111 Å². The highest BCUT2D eigenvalue weighted by Gasteiger charge is 2.22. The summed E-state index contributed by atoms with van der Waals surface area (Å²) in [5.74, 6) is -0.698. The number of rotatable bonds is 17. The molecular formula is C23H42O4. The van der Waals surface area contributed by atoms with E-state index in [-0.39, 0.29) is 11.9 Å². The van der Waals surface area contributed by atoms with Crippen molar-refractivity contribution in [3.05, 3.63) is 11.1 Å². The first kappa shape index (κ1) is 25.7. The maximum absolute atomic E-state index is 12.5. The minimum Gasteiger partial charge on any atom is -0.463 e. The van der Waals surface area contributed by atoms with Crippen molar-refractivity contribution in [3.63, 3.8) is 0 Å². The Morgan fingerprint density at radius 3 is 1.26 bits per heavy atom. The lowest BCUT2D eigenvalue weighted by molar-refractivity contribution is -0.142. The fourth-order valence-electron chi connectivity index (χ4n) is 3.18. The maximum atomic E-state index is 12.5. The zero-order valence-corrected chi connectivity index (χ0v) is 18.2. The van der Waals surface area contributed by atoms with Gasteiger partial charge in [-0.3, -0.25) is 0 Å². The van der Waals surface area contributed by atoms with Crippen molar-refractivity contribution in [1.29, 1.82) is 0 Å². The number of hydrogen-bond donors (Lipinski definition) is 0. The van der Waals surface area contributed by atoms with E-state index in [9.17, 15) is 9.59 Å². The number of esters is 2. The van der Waals surface area contributed by atoms with Gasteiger partial charge in [0.1, 0.15) is 0 Å². The molecule has 0 aliphatic carbocycles. The SMILES string of the molecule is CCCCCCCCCCC(C(=O)OCC)=C(CCCCC)C(=O)OCC. The molecule has 0 fully saturated rings. The molecule has 0 bridgehead atoms. The standard InChI is InChI=1S/C23H42O4/c1-5-9-11-12-13-14-15-17-19-21(23(25)27-8-4)20(18-16-10-6-2)22(24)26-7-3/h5-19H2,1-4H3. The second-order valence-electron chi connectivity index (χ2n) is 7.08. The summed E-state index contributed by atoms with van der Waals surface area (Å²) in [5, 5.41) is 0. The molecule has 4 nitrogen and oxygen atoms in total. The lowest BCUT2D eigenvalue weighted by atomic mass is 9.96. The highest BCUT2D eigenvalue weighted by molar-refractivity contribution is 6.00. The van der Waals surface area contributed by atoms with Crippen molar-refractivity contribution in [1.82, 2.24) is 0 Å². The Balaban J connectivity index is 4.88. The molecule has 0 aliphatic heterocycles. The van der Waals surface area contributed by atoms with Gasteiger partial charge in [-0.15, -0.1) is 0 Å². The van der Waals surface area contributed by atoms with Gasteiger partial charge in [0.25, 0.3) is 0 Å². The summed E-state index contributed by atoms with van der Waals surface area (Å²) < 4.78 is 10.5. The van der Waals surface area contributed by atoms with Crippen LogP contribution >= 0.6 is 0 Å². The van der Waals surface area contributed by atoms with Crippen LogP contribution in [0.15, 0.2) is 11.1 Å². The molecule has 0 saturated heterocycles. The van der Waals surface area contributed by atoms with Gasteiger partial charge >= 0.3 is 11.9 Å². The molecule has 0 amide bonds. The molecule has 0 unspecified atom stereocenters. The minimum atomic E-state index is -0.351.